The molecule has 1 aliphatic heterocycles. The number of nitrogens with zero attached hydrogens (tertiary/aromatic N) is 5. The van der Waals surface area contributed by atoms with Crippen LogP contribution < -0.4 is 10.2 Å². The third-order valence-electron chi connectivity index (χ3n) is 4.11. The maximum atomic E-state index is 11.6. The van der Waals surface area contributed by atoms with Crippen molar-refractivity contribution in [2.24, 2.45) is 0 Å². The summed E-state index contributed by atoms with van der Waals surface area (Å²) in [6.45, 7) is 6.58. The van der Waals surface area contributed by atoms with E-state index in [1.165, 1.54) is 6.33 Å². The van der Waals surface area contributed by atoms with Crippen molar-refractivity contribution in [3.8, 4) is 0 Å². The lowest BCUT2D eigenvalue weighted by atomic mass is 10.3. The average Bonchev–Trinajstić information content (AvgIpc) is 3.13. The topological polar surface area (TPSA) is 101 Å². The van der Waals surface area contributed by atoms with Crippen LogP contribution in [0, 0.1) is 10.1 Å². The van der Waals surface area contributed by atoms with Crippen molar-refractivity contribution in [1.82, 2.24) is 14.9 Å². The van der Waals surface area contributed by atoms with Gasteiger partial charge >= 0.3 is 5.69 Å². The van der Waals surface area contributed by atoms with E-state index in [4.69, 9.17) is 4.42 Å². The molecular weight excluding hydrogens is 312 g/mol. The molecule has 1 aliphatic rings. The maximum Gasteiger partial charge on any atom is 0.353 e. The summed E-state index contributed by atoms with van der Waals surface area (Å²) in [4.78, 5) is 23.6. The van der Waals surface area contributed by atoms with E-state index in [2.05, 4.69) is 27.1 Å². The Bertz CT molecular complexity index is 683. The number of hydrogen-bond donors (Lipinski definition) is 1. The van der Waals surface area contributed by atoms with Crippen LogP contribution in [0.25, 0.3) is 0 Å². The van der Waals surface area contributed by atoms with E-state index in [9.17, 15) is 10.1 Å². The van der Waals surface area contributed by atoms with Gasteiger partial charge in [0.2, 0.25) is 11.6 Å². The molecule has 3 heterocycles. The number of nitrogens with one attached hydrogen (secondary N) is 1. The summed E-state index contributed by atoms with van der Waals surface area (Å²) in [6.07, 6.45) is 2.92. The highest BCUT2D eigenvalue weighted by Gasteiger charge is 2.28. The first kappa shape index (κ1) is 16.2. The molecule has 0 aliphatic carbocycles. The molecule has 3 rings (SSSR count). The van der Waals surface area contributed by atoms with Gasteiger partial charge in [0.25, 0.3) is 0 Å². The van der Waals surface area contributed by atoms with Crippen molar-refractivity contribution >= 4 is 17.3 Å². The second-order valence-electron chi connectivity index (χ2n) is 5.51. The van der Waals surface area contributed by atoms with Crippen LogP contribution in [0.2, 0.25) is 0 Å². The van der Waals surface area contributed by atoms with Crippen LogP contribution in [0.5, 0.6) is 0 Å². The number of anilines is 2. The third-order valence-corrected chi connectivity index (χ3v) is 4.11. The second kappa shape index (κ2) is 7.26. The molecule has 0 unspecified atom stereocenters. The van der Waals surface area contributed by atoms with Crippen molar-refractivity contribution in [2.45, 2.75) is 13.5 Å². The van der Waals surface area contributed by atoms with Gasteiger partial charge in [-0.3, -0.25) is 10.1 Å². The Kier molecular flexibility index (Phi) is 4.90. The van der Waals surface area contributed by atoms with Gasteiger partial charge in [-0.25, -0.2) is 9.97 Å². The minimum Gasteiger partial charge on any atom is -0.467 e. The first-order valence-corrected chi connectivity index (χ1v) is 7.92. The summed E-state index contributed by atoms with van der Waals surface area (Å²) in [7, 11) is 0. The van der Waals surface area contributed by atoms with Gasteiger partial charge in [-0.2, -0.15) is 0 Å². The molecule has 0 saturated carbocycles. The SMILES string of the molecule is CCN1CCN(c2ncnc(NCc3ccco3)c2[N+](=O)[O-])CC1. The molecule has 0 bridgehead atoms. The predicted octanol–water partition coefficient (Wildman–Crippen LogP) is 1.73. The Morgan fingerprint density at radius 1 is 1.33 bits per heavy atom. The summed E-state index contributed by atoms with van der Waals surface area (Å²) < 4.78 is 5.23. The van der Waals surface area contributed by atoms with E-state index in [-0.39, 0.29) is 11.5 Å². The van der Waals surface area contributed by atoms with E-state index < -0.39 is 4.92 Å². The molecule has 9 heteroatoms. The Morgan fingerprint density at radius 2 is 2.12 bits per heavy atom. The lowest BCUT2D eigenvalue weighted by Crippen LogP contribution is -2.46. The lowest BCUT2D eigenvalue weighted by molar-refractivity contribution is -0.383. The molecule has 1 N–H and O–H groups in total. The highest BCUT2D eigenvalue weighted by atomic mass is 16.6. The summed E-state index contributed by atoms with van der Waals surface area (Å²) in [5, 5.41) is 14.6. The van der Waals surface area contributed by atoms with Crippen molar-refractivity contribution in [1.29, 1.82) is 0 Å². The average molecular weight is 332 g/mol. The zero-order valence-electron chi connectivity index (χ0n) is 13.5. The number of likely N-dealkylation sites (N-methyl/N-ethyl adjacent to an activating group) is 1. The third kappa shape index (κ3) is 3.46. The first-order chi connectivity index (χ1) is 11.7. The predicted molar refractivity (Wildman–Crippen MR) is 89.0 cm³/mol. The van der Waals surface area contributed by atoms with Crippen LogP contribution in [-0.2, 0) is 6.54 Å². The van der Waals surface area contributed by atoms with E-state index >= 15 is 0 Å². The lowest BCUT2D eigenvalue weighted by Gasteiger charge is -2.34. The molecule has 0 radical (unpaired) electrons. The van der Waals surface area contributed by atoms with Crippen molar-refractivity contribution in [3.63, 3.8) is 0 Å². The first-order valence-electron chi connectivity index (χ1n) is 7.92. The number of rotatable bonds is 6. The molecule has 0 atom stereocenters. The van der Waals surface area contributed by atoms with Gasteiger partial charge in [0, 0.05) is 26.2 Å². The van der Waals surface area contributed by atoms with Crippen molar-refractivity contribution in [3.05, 3.63) is 40.6 Å². The highest BCUT2D eigenvalue weighted by Crippen LogP contribution is 2.32. The van der Waals surface area contributed by atoms with Gasteiger partial charge in [-0.1, -0.05) is 6.92 Å². The minimum atomic E-state index is -0.425. The van der Waals surface area contributed by atoms with Gasteiger partial charge in [0.1, 0.15) is 12.1 Å². The molecule has 24 heavy (non-hydrogen) atoms. The van der Waals surface area contributed by atoms with E-state index in [1.54, 1.807) is 18.4 Å². The quantitative estimate of drug-likeness (QED) is 0.630. The monoisotopic (exact) mass is 332 g/mol. The standard InChI is InChI=1S/C15H20N6O3/c1-2-19-5-7-20(8-6-19)15-13(21(22)23)14(17-11-18-15)16-10-12-4-3-9-24-12/h3-4,9,11H,2,5-8,10H2,1H3,(H,16,17,18). The van der Waals surface area contributed by atoms with E-state index in [0.717, 1.165) is 19.6 Å². The Balaban J connectivity index is 1.81. The molecule has 1 saturated heterocycles. The summed E-state index contributed by atoms with van der Waals surface area (Å²) in [5.41, 5.74) is -0.0889. The molecule has 1 fully saturated rings. The molecule has 0 spiro atoms. The van der Waals surface area contributed by atoms with Gasteiger partial charge < -0.3 is 19.5 Å². The molecule has 128 valence electrons. The number of furan rings is 1. The van der Waals surface area contributed by atoms with Crippen LogP contribution in [0.3, 0.4) is 0 Å². The fraction of sp³-hybridized carbons (Fsp3) is 0.467. The van der Waals surface area contributed by atoms with Crippen LogP contribution >= 0.6 is 0 Å². The van der Waals surface area contributed by atoms with Crippen LogP contribution in [-0.4, -0.2) is 52.5 Å². The van der Waals surface area contributed by atoms with Crippen LogP contribution in [0.4, 0.5) is 17.3 Å². The van der Waals surface area contributed by atoms with E-state index in [0.29, 0.717) is 31.2 Å². The molecule has 9 nitrogen and oxygen atoms in total. The van der Waals surface area contributed by atoms with Gasteiger partial charge in [0.05, 0.1) is 17.7 Å². The largest absolute Gasteiger partial charge is 0.467 e. The fourth-order valence-corrected chi connectivity index (χ4v) is 2.76. The zero-order chi connectivity index (χ0) is 16.9. The number of piperazine rings is 1. The van der Waals surface area contributed by atoms with E-state index in [1.807, 2.05) is 4.90 Å². The van der Waals surface area contributed by atoms with Crippen molar-refractivity contribution < 1.29 is 9.34 Å². The number of hydrogen-bond acceptors (Lipinski definition) is 8. The summed E-state index contributed by atoms with van der Waals surface area (Å²) in [5.74, 6) is 1.26. The number of aromatic nitrogens is 2. The highest BCUT2D eigenvalue weighted by molar-refractivity contribution is 5.70. The van der Waals surface area contributed by atoms with Crippen LogP contribution in [0.15, 0.2) is 29.1 Å². The maximum absolute atomic E-state index is 11.6. The zero-order valence-corrected chi connectivity index (χ0v) is 13.5. The van der Waals surface area contributed by atoms with Gasteiger partial charge in [-0.15, -0.1) is 0 Å². The van der Waals surface area contributed by atoms with Gasteiger partial charge in [0.15, 0.2) is 0 Å². The summed E-state index contributed by atoms with van der Waals surface area (Å²) in [6, 6.07) is 3.56. The second-order valence-corrected chi connectivity index (χ2v) is 5.51. The van der Waals surface area contributed by atoms with Crippen LogP contribution in [0.1, 0.15) is 12.7 Å². The fourth-order valence-electron chi connectivity index (χ4n) is 2.76. The summed E-state index contributed by atoms with van der Waals surface area (Å²) >= 11 is 0. The minimum absolute atomic E-state index is 0.0889. The van der Waals surface area contributed by atoms with Gasteiger partial charge in [-0.05, 0) is 18.7 Å². The smallest absolute Gasteiger partial charge is 0.353 e. The molecule has 0 aromatic carbocycles. The molecular formula is C15H20N6O3. The number of nitro groups is 1. The Labute approximate surface area is 139 Å². The normalized spacial score (nSPS) is 15.5. The van der Waals surface area contributed by atoms with Crippen molar-refractivity contribution in [2.75, 3.05) is 42.9 Å². The Hall–Kier alpha value is -2.68. The molecule has 2 aromatic rings. The Morgan fingerprint density at radius 3 is 2.75 bits per heavy atom. The molecule has 0 amide bonds. The molecule has 2 aromatic heterocycles.